The maximum atomic E-state index is 3.36. The molecule has 0 unspecified atom stereocenters. The third-order valence-electron chi connectivity index (χ3n) is 2.68. The van der Waals surface area contributed by atoms with Crippen molar-refractivity contribution in [2.24, 2.45) is 0 Å². The lowest BCUT2D eigenvalue weighted by Gasteiger charge is -2.25. The largest absolute Gasteiger partial charge is 0.314 e. The molecule has 0 spiro atoms. The van der Waals surface area contributed by atoms with Gasteiger partial charge in [0, 0.05) is 32.7 Å². The van der Waals surface area contributed by atoms with E-state index >= 15 is 0 Å². The number of hydrogen-bond acceptors (Lipinski definition) is 2. The highest BCUT2D eigenvalue weighted by molar-refractivity contribution is 5.85. The highest BCUT2D eigenvalue weighted by Gasteiger charge is 2.06. The zero-order valence-corrected chi connectivity index (χ0v) is 10.2. The smallest absolute Gasteiger partial charge is 0.0167 e. The SMILES string of the molecule is C(=C\c1ccccc1)/CN1CCNCC1.Cl. The molecule has 0 radical (unpaired) electrons. The van der Waals surface area contributed by atoms with Crippen LogP contribution in [0.2, 0.25) is 0 Å². The third-order valence-corrected chi connectivity index (χ3v) is 2.68. The van der Waals surface area contributed by atoms with E-state index in [0.29, 0.717) is 0 Å². The zero-order valence-electron chi connectivity index (χ0n) is 9.43. The van der Waals surface area contributed by atoms with Gasteiger partial charge in [-0.3, -0.25) is 4.90 Å². The molecule has 1 N–H and O–H groups in total. The Morgan fingerprint density at radius 2 is 1.81 bits per heavy atom. The van der Waals surface area contributed by atoms with Crippen molar-refractivity contribution >= 4 is 18.5 Å². The summed E-state index contributed by atoms with van der Waals surface area (Å²) in [6.07, 6.45) is 4.45. The van der Waals surface area contributed by atoms with Crippen molar-refractivity contribution in [2.45, 2.75) is 0 Å². The molecular weight excluding hydrogens is 220 g/mol. The van der Waals surface area contributed by atoms with Crippen molar-refractivity contribution < 1.29 is 0 Å². The van der Waals surface area contributed by atoms with Crippen molar-refractivity contribution in [1.82, 2.24) is 10.2 Å². The molecule has 0 aromatic heterocycles. The lowest BCUT2D eigenvalue weighted by Crippen LogP contribution is -2.43. The van der Waals surface area contributed by atoms with Crippen LogP contribution in [-0.4, -0.2) is 37.6 Å². The summed E-state index contributed by atoms with van der Waals surface area (Å²) >= 11 is 0. The first-order valence-electron chi connectivity index (χ1n) is 5.60. The molecule has 0 bridgehead atoms. The predicted octanol–water partition coefficient (Wildman–Crippen LogP) is 2.03. The molecule has 1 aromatic carbocycles. The topological polar surface area (TPSA) is 15.3 Å². The summed E-state index contributed by atoms with van der Waals surface area (Å²) in [6.45, 7) is 5.65. The van der Waals surface area contributed by atoms with Gasteiger partial charge in [-0.2, -0.15) is 0 Å². The summed E-state index contributed by atoms with van der Waals surface area (Å²) in [7, 11) is 0. The van der Waals surface area contributed by atoms with Crippen LogP contribution in [0.1, 0.15) is 5.56 Å². The standard InChI is InChI=1S/C13H18N2.ClH/c1-2-5-13(6-3-1)7-4-10-15-11-8-14-9-12-15;/h1-7,14H,8-12H2;1H/b7-4+;. The first-order valence-corrected chi connectivity index (χ1v) is 5.60. The minimum atomic E-state index is 0. The summed E-state index contributed by atoms with van der Waals surface area (Å²) in [5, 5.41) is 3.36. The van der Waals surface area contributed by atoms with Gasteiger partial charge in [0.15, 0.2) is 0 Å². The van der Waals surface area contributed by atoms with E-state index < -0.39 is 0 Å². The monoisotopic (exact) mass is 238 g/mol. The van der Waals surface area contributed by atoms with E-state index in [1.165, 1.54) is 18.7 Å². The lowest BCUT2D eigenvalue weighted by atomic mass is 10.2. The fraction of sp³-hybridized carbons (Fsp3) is 0.385. The van der Waals surface area contributed by atoms with Crippen LogP contribution in [0, 0.1) is 0 Å². The van der Waals surface area contributed by atoms with Crippen LogP contribution in [0.25, 0.3) is 6.08 Å². The molecule has 0 aliphatic carbocycles. The number of halogens is 1. The third kappa shape index (κ3) is 4.35. The van der Waals surface area contributed by atoms with E-state index in [0.717, 1.165) is 19.6 Å². The van der Waals surface area contributed by atoms with Crippen LogP contribution < -0.4 is 5.32 Å². The zero-order chi connectivity index (χ0) is 10.3. The Morgan fingerprint density at radius 3 is 2.50 bits per heavy atom. The van der Waals surface area contributed by atoms with E-state index in [1.54, 1.807) is 0 Å². The van der Waals surface area contributed by atoms with Gasteiger partial charge in [-0.15, -0.1) is 12.4 Å². The second-order valence-electron chi connectivity index (χ2n) is 3.86. The molecule has 1 aliphatic heterocycles. The highest BCUT2D eigenvalue weighted by atomic mass is 35.5. The van der Waals surface area contributed by atoms with E-state index in [2.05, 4.69) is 46.6 Å². The average Bonchev–Trinajstić information content (AvgIpc) is 2.32. The van der Waals surface area contributed by atoms with Crippen LogP contribution in [0.15, 0.2) is 36.4 Å². The summed E-state index contributed by atoms with van der Waals surface area (Å²) < 4.78 is 0. The molecule has 0 amide bonds. The van der Waals surface area contributed by atoms with Gasteiger partial charge in [0.1, 0.15) is 0 Å². The Hall–Kier alpha value is -0.830. The first kappa shape index (κ1) is 13.2. The van der Waals surface area contributed by atoms with Crippen molar-refractivity contribution in [3.05, 3.63) is 42.0 Å². The normalized spacial score (nSPS) is 17.2. The van der Waals surface area contributed by atoms with Crippen LogP contribution >= 0.6 is 12.4 Å². The predicted molar refractivity (Wildman–Crippen MR) is 72.0 cm³/mol. The fourth-order valence-electron chi connectivity index (χ4n) is 1.80. The van der Waals surface area contributed by atoms with Crippen molar-refractivity contribution in [2.75, 3.05) is 32.7 Å². The molecule has 1 aromatic rings. The lowest BCUT2D eigenvalue weighted by molar-refractivity contribution is 0.265. The average molecular weight is 239 g/mol. The molecule has 0 atom stereocenters. The van der Waals surface area contributed by atoms with Gasteiger partial charge in [0.2, 0.25) is 0 Å². The Kier molecular flexibility index (Phi) is 6.16. The summed E-state index contributed by atoms with van der Waals surface area (Å²) in [4.78, 5) is 2.47. The van der Waals surface area contributed by atoms with E-state index in [-0.39, 0.29) is 12.4 Å². The molecule has 16 heavy (non-hydrogen) atoms. The van der Waals surface area contributed by atoms with Crippen LogP contribution in [0.3, 0.4) is 0 Å². The van der Waals surface area contributed by atoms with Crippen LogP contribution in [0.5, 0.6) is 0 Å². The molecule has 1 fully saturated rings. The van der Waals surface area contributed by atoms with Gasteiger partial charge < -0.3 is 5.32 Å². The van der Waals surface area contributed by atoms with Gasteiger partial charge in [-0.25, -0.2) is 0 Å². The molecule has 1 heterocycles. The Balaban J connectivity index is 0.00000128. The molecule has 3 heteroatoms. The van der Waals surface area contributed by atoms with E-state index in [4.69, 9.17) is 0 Å². The Bertz CT molecular complexity index is 305. The first-order chi connectivity index (χ1) is 7.45. The van der Waals surface area contributed by atoms with Gasteiger partial charge in [-0.05, 0) is 5.56 Å². The van der Waals surface area contributed by atoms with E-state index in [9.17, 15) is 0 Å². The second-order valence-corrected chi connectivity index (χ2v) is 3.86. The maximum absolute atomic E-state index is 3.36. The Morgan fingerprint density at radius 1 is 1.12 bits per heavy atom. The number of benzene rings is 1. The van der Waals surface area contributed by atoms with Crippen LogP contribution in [-0.2, 0) is 0 Å². The number of piperazine rings is 1. The summed E-state index contributed by atoms with van der Waals surface area (Å²) in [5.41, 5.74) is 1.28. The molecular formula is C13H19ClN2. The van der Waals surface area contributed by atoms with Gasteiger partial charge in [0.05, 0.1) is 0 Å². The van der Waals surface area contributed by atoms with Crippen molar-refractivity contribution in [1.29, 1.82) is 0 Å². The van der Waals surface area contributed by atoms with Crippen LogP contribution in [0.4, 0.5) is 0 Å². The molecule has 2 rings (SSSR count). The molecule has 1 aliphatic rings. The minimum Gasteiger partial charge on any atom is -0.314 e. The highest BCUT2D eigenvalue weighted by Crippen LogP contribution is 2.01. The summed E-state index contributed by atoms with van der Waals surface area (Å²) in [6, 6.07) is 10.5. The van der Waals surface area contributed by atoms with E-state index in [1.807, 2.05) is 6.07 Å². The summed E-state index contributed by atoms with van der Waals surface area (Å²) in [5.74, 6) is 0. The maximum Gasteiger partial charge on any atom is 0.0167 e. The minimum absolute atomic E-state index is 0. The number of nitrogens with one attached hydrogen (secondary N) is 1. The van der Waals surface area contributed by atoms with Gasteiger partial charge in [0.25, 0.3) is 0 Å². The van der Waals surface area contributed by atoms with Crippen molar-refractivity contribution in [3.63, 3.8) is 0 Å². The quantitative estimate of drug-likeness (QED) is 0.867. The molecule has 2 nitrogen and oxygen atoms in total. The number of nitrogens with zero attached hydrogens (tertiary/aromatic N) is 1. The number of hydrogen-bond donors (Lipinski definition) is 1. The van der Waals surface area contributed by atoms with Gasteiger partial charge in [-0.1, -0.05) is 42.5 Å². The fourth-order valence-corrected chi connectivity index (χ4v) is 1.80. The molecule has 88 valence electrons. The van der Waals surface area contributed by atoms with Gasteiger partial charge >= 0.3 is 0 Å². The molecule has 0 saturated carbocycles. The Labute approximate surface area is 104 Å². The second kappa shape index (κ2) is 7.44. The number of rotatable bonds is 3. The molecule has 1 saturated heterocycles. The van der Waals surface area contributed by atoms with Crippen molar-refractivity contribution in [3.8, 4) is 0 Å².